The molecule has 1 heterocycles. The molecular weight excluding hydrogens is 222 g/mol. The number of nitrogens with one attached hydrogen (secondary N) is 1. The Balaban J connectivity index is 2.13. The van der Waals surface area contributed by atoms with Crippen molar-refractivity contribution in [3.8, 4) is 0 Å². The second-order valence-corrected chi connectivity index (χ2v) is 6.75. The molecule has 0 aromatic rings. The Morgan fingerprint density at radius 2 is 2.17 bits per heavy atom. The Kier molecular flexibility index (Phi) is 7.25. The van der Waals surface area contributed by atoms with Crippen LogP contribution in [-0.4, -0.2) is 25.3 Å². The average Bonchev–Trinajstić information content (AvgIpc) is 2.78. The van der Waals surface area contributed by atoms with Crippen LogP contribution in [0.3, 0.4) is 0 Å². The van der Waals surface area contributed by atoms with Crippen LogP contribution in [0.4, 0.5) is 0 Å². The van der Waals surface area contributed by atoms with Crippen molar-refractivity contribution >= 4 is 0 Å². The molecule has 0 bridgehead atoms. The highest BCUT2D eigenvalue weighted by Gasteiger charge is 2.22. The summed E-state index contributed by atoms with van der Waals surface area (Å²) in [5.74, 6) is 0. The minimum atomic E-state index is 0.457. The minimum Gasteiger partial charge on any atom is -0.378 e. The molecule has 1 N–H and O–H groups in total. The maximum atomic E-state index is 5.69. The highest BCUT2D eigenvalue weighted by Crippen LogP contribution is 2.30. The van der Waals surface area contributed by atoms with Gasteiger partial charge in [-0.25, -0.2) is 0 Å². The topological polar surface area (TPSA) is 21.3 Å². The summed E-state index contributed by atoms with van der Waals surface area (Å²) in [6, 6.07) is 0.641. The summed E-state index contributed by atoms with van der Waals surface area (Å²) in [6.07, 6.45) is 9.53. The fraction of sp³-hybridized carbons (Fsp3) is 1.00. The molecule has 0 spiro atoms. The Hall–Kier alpha value is -0.0800. The summed E-state index contributed by atoms with van der Waals surface area (Å²) in [5.41, 5.74) is 0.457. The largest absolute Gasteiger partial charge is 0.378 e. The molecule has 1 saturated heterocycles. The third-order valence-corrected chi connectivity index (χ3v) is 4.01. The zero-order valence-corrected chi connectivity index (χ0v) is 12.9. The van der Waals surface area contributed by atoms with Gasteiger partial charge in [-0.1, -0.05) is 27.2 Å². The fourth-order valence-electron chi connectivity index (χ4n) is 3.07. The van der Waals surface area contributed by atoms with E-state index in [9.17, 15) is 0 Å². The molecule has 2 atom stereocenters. The molecular formula is C16H33NO. The van der Waals surface area contributed by atoms with Gasteiger partial charge in [-0.05, 0) is 57.4 Å². The zero-order valence-electron chi connectivity index (χ0n) is 12.9. The molecule has 2 nitrogen and oxygen atoms in total. The van der Waals surface area contributed by atoms with Crippen molar-refractivity contribution in [2.24, 2.45) is 5.41 Å². The van der Waals surface area contributed by atoms with Crippen molar-refractivity contribution in [1.82, 2.24) is 5.32 Å². The Morgan fingerprint density at radius 1 is 1.39 bits per heavy atom. The van der Waals surface area contributed by atoms with Crippen molar-refractivity contribution < 1.29 is 4.74 Å². The van der Waals surface area contributed by atoms with E-state index in [0.29, 0.717) is 17.6 Å². The molecule has 18 heavy (non-hydrogen) atoms. The molecule has 108 valence electrons. The monoisotopic (exact) mass is 255 g/mol. The van der Waals surface area contributed by atoms with E-state index in [1.165, 1.54) is 44.9 Å². The summed E-state index contributed by atoms with van der Waals surface area (Å²) in [5, 5.41) is 3.60. The van der Waals surface area contributed by atoms with Gasteiger partial charge in [-0.2, -0.15) is 0 Å². The third kappa shape index (κ3) is 6.75. The van der Waals surface area contributed by atoms with Gasteiger partial charge < -0.3 is 10.1 Å². The molecule has 1 aliphatic heterocycles. The van der Waals surface area contributed by atoms with Gasteiger partial charge in [0.2, 0.25) is 0 Å². The summed E-state index contributed by atoms with van der Waals surface area (Å²) < 4.78 is 5.69. The van der Waals surface area contributed by atoms with Crippen LogP contribution >= 0.6 is 0 Å². The van der Waals surface area contributed by atoms with Crippen molar-refractivity contribution in [3.05, 3.63) is 0 Å². The van der Waals surface area contributed by atoms with Crippen LogP contribution in [0.1, 0.15) is 72.6 Å². The highest BCUT2D eigenvalue weighted by molar-refractivity contribution is 4.76. The number of hydrogen-bond acceptors (Lipinski definition) is 2. The van der Waals surface area contributed by atoms with Gasteiger partial charge in [-0.3, -0.25) is 0 Å². The van der Waals surface area contributed by atoms with E-state index in [-0.39, 0.29) is 0 Å². The van der Waals surface area contributed by atoms with Crippen LogP contribution in [0, 0.1) is 5.41 Å². The minimum absolute atomic E-state index is 0.457. The first-order valence-corrected chi connectivity index (χ1v) is 7.88. The molecule has 1 rings (SSSR count). The van der Waals surface area contributed by atoms with Crippen molar-refractivity contribution in [2.75, 3.05) is 13.2 Å². The molecule has 2 heteroatoms. The van der Waals surface area contributed by atoms with Crippen LogP contribution in [0.2, 0.25) is 0 Å². The molecule has 2 unspecified atom stereocenters. The number of ether oxygens (including phenoxy) is 1. The predicted molar refractivity (Wildman–Crippen MR) is 79.0 cm³/mol. The van der Waals surface area contributed by atoms with Crippen molar-refractivity contribution in [3.63, 3.8) is 0 Å². The van der Waals surface area contributed by atoms with Gasteiger partial charge in [0, 0.05) is 12.6 Å². The van der Waals surface area contributed by atoms with E-state index in [1.807, 2.05) is 0 Å². The van der Waals surface area contributed by atoms with Gasteiger partial charge in [0.25, 0.3) is 0 Å². The second kappa shape index (κ2) is 8.16. The lowest BCUT2D eigenvalue weighted by Gasteiger charge is -2.29. The van der Waals surface area contributed by atoms with Gasteiger partial charge >= 0.3 is 0 Å². The lowest BCUT2D eigenvalue weighted by molar-refractivity contribution is 0.0979. The third-order valence-electron chi connectivity index (χ3n) is 4.01. The zero-order chi connectivity index (χ0) is 13.4. The Bertz CT molecular complexity index is 209. The summed E-state index contributed by atoms with van der Waals surface area (Å²) in [4.78, 5) is 0. The van der Waals surface area contributed by atoms with E-state index in [1.54, 1.807) is 0 Å². The first kappa shape index (κ1) is 16.0. The lowest BCUT2D eigenvalue weighted by atomic mass is 9.81. The first-order valence-electron chi connectivity index (χ1n) is 7.88. The molecule has 1 fully saturated rings. The van der Waals surface area contributed by atoms with Crippen LogP contribution in [0.15, 0.2) is 0 Å². The summed E-state index contributed by atoms with van der Waals surface area (Å²) in [6.45, 7) is 11.5. The molecule has 0 aromatic heterocycles. The Labute approximate surface area is 114 Å². The van der Waals surface area contributed by atoms with E-state index in [2.05, 4.69) is 33.0 Å². The van der Waals surface area contributed by atoms with Crippen LogP contribution < -0.4 is 5.32 Å². The standard InChI is InChI=1S/C16H33NO/c1-5-11-17-14(2)13-16(3,4)10-6-8-15-9-7-12-18-15/h14-15,17H,5-13H2,1-4H3. The number of rotatable bonds is 9. The van der Waals surface area contributed by atoms with E-state index in [0.717, 1.165) is 13.2 Å². The van der Waals surface area contributed by atoms with Crippen LogP contribution in [0.5, 0.6) is 0 Å². The van der Waals surface area contributed by atoms with E-state index < -0.39 is 0 Å². The molecule has 0 aromatic carbocycles. The van der Waals surface area contributed by atoms with E-state index >= 15 is 0 Å². The summed E-state index contributed by atoms with van der Waals surface area (Å²) in [7, 11) is 0. The molecule has 0 amide bonds. The van der Waals surface area contributed by atoms with Crippen molar-refractivity contribution in [2.45, 2.75) is 84.8 Å². The quantitative estimate of drug-likeness (QED) is 0.668. The maximum Gasteiger partial charge on any atom is 0.0576 e. The van der Waals surface area contributed by atoms with Crippen LogP contribution in [0.25, 0.3) is 0 Å². The predicted octanol–water partition coefficient (Wildman–Crippen LogP) is 4.14. The lowest BCUT2D eigenvalue weighted by Crippen LogP contribution is -2.31. The first-order chi connectivity index (χ1) is 8.53. The second-order valence-electron chi connectivity index (χ2n) is 6.75. The Morgan fingerprint density at radius 3 is 2.78 bits per heavy atom. The molecule has 0 aliphatic carbocycles. The number of hydrogen-bond donors (Lipinski definition) is 1. The maximum absolute atomic E-state index is 5.69. The van der Waals surface area contributed by atoms with Crippen molar-refractivity contribution in [1.29, 1.82) is 0 Å². The van der Waals surface area contributed by atoms with Crippen LogP contribution in [-0.2, 0) is 4.74 Å². The molecule has 1 aliphatic rings. The summed E-state index contributed by atoms with van der Waals surface area (Å²) >= 11 is 0. The SMILES string of the molecule is CCCNC(C)CC(C)(C)CCCC1CCCO1. The average molecular weight is 255 g/mol. The van der Waals surface area contributed by atoms with E-state index in [4.69, 9.17) is 4.74 Å². The smallest absolute Gasteiger partial charge is 0.0576 e. The highest BCUT2D eigenvalue weighted by atomic mass is 16.5. The fourth-order valence-corrected chi connectivity index (χ4v) is 3.07. The molecule has 0 radical (unpaired) electrons. The van der Waals surface area contributed by atoms with Gasteiger partial charge in [0.1, 0.15) is 0 Å². The normalized spacial score (nSPS) is 22.3. The van der Waals surface area contributed by atoms with Gasteiger partial charge in [0.15, 0.2) is 0 Å². The van der Waals surface area contributed by atoms with Gasteiger partial charge in [-0.15, -0.1) is 0 Å². The van der Waals surface area contributed by atoms with Gasteiger partial charge in [0.05, 0.1) is 6.10 Å². The molecule has 0 saturated carbocycles.